The van der Waals surface area contributed by atoms with Crippen LogP contribution in [-0.4, -0.2) is 78.0 Å². The number of rotatable bonds is 10. The van der Waals surface area contributed by atoms with Crippen molar-refractivity contribution in [3.8, 4) is 0 Å². The molecule has 1 heterocycles. The second kappa shape index (κ2) is 10.6. The van der Waals surface area contributed by atoms with Gasteiger partial charge in [0.2, 0.25) is 15.9 Å². The van der Waals surface area contributed by atoms with Crippen LogP contribution in [0.25, 0.3) is 0 Å². The standard InChI is InChI=1S/C18H30N4O4S/c1-3-21(10-4-9-19-27(2,24)25)15-18(23)20-16-5-7-17(8-6-16)22-11-13-26-14-12-22/h5-8,19H,3-4,9-15H2,1-2H3,(H,20,23). The molecule has 152 valence electrons. The van der Waals surface area contributed by atoms with Crippen LogP contribution in [0.4, 0.5) is 11.4 Å². The first-order valence-electron chi connectivity index (χ1n) is 9.27. The molecular formula is C18H30N4O4S. The van der Waals surface area contributed by atoms with E-state index in [0.29, 0.717) is 19.5 Å². The number of ether oxygens (including phenoxy) is 1. The minimum absolute atomic E-state index is 0.0768. The number of hydrogen-bond acceptors (Lipinski definition) is 6. The van der Waals surface area contributed by atoms with Gasteiger partial charge in [0, 0.05) is 31.0 Å². The Balaban J connectivity index is 1.76. The Hall–Kier alpha value is -1.68. The molecular weight excluding hydrogens is 368 g/mol. The predicted molar refractivity (Wildman–Crippen MR) is 108 cm³/mol. The lowest BCUT2D eigenvalue weighted by Crippen LogP contribution is -2.36. The summed E-state index contributed by atoms with van der Waals surface area (Å²) in [5, 5.41) is 2.92. The molecule has 0 radical (unpaired) electrons. The number of anilines is 2. The Bertz CT molecular complexity index is 688. The van der Waals surface area contributed by atoms with Crippen LogP contribution in [0.2, 0.25) is 0 Å². The van der Waals surface area contributed by atoms with Gasteiger partial charge in [-0.3, -0.25) is 9.69 Å². The maximum atomic E-state index is 12.3. The summed E-state index contributed by atoms with van der Waals surface area (Å²) in [5.41, 5.74) is 1.90. The first kappa shape index (κ1) is 21.6. The van der Waals surface area contributed by atoms with Gasteiger partial charge in [-0.25, -0.2) is 13.1 Å². The van der Waals surface area contributed by atoms with Crippen molar-refractivity contribution in [2.75, 3.05) is 69.0 Å². The quantitative estimate of drug-likeness (QED) is 0.565. The molecule has 0 bridgehead atoms. The Morgan fingerprint density at radius 1 is 1.22 bits per heavy atom. The minimum Gasteiger partial charge on any atom is -0.378 e. The van der Waals surface area contributed by atoms with Crippen molar-refractivity contribution < 1.29 is 17.9 Å². The number of carbonyl (C=O) groups excluding carboxylic acids is 1. The first-order valence-corrected chi connectivity index (χ1v) is 11.2. The molecule has 27 heavy (non-hydrogen) atoms. The van der Waals surface area contributed by atoms with Gasteiger partial charge in [0.05, 0.1) is 26.0 Å². The van der Waals surface area contributed by atoms with Gasteiger partial charge in [0.15, 0.2) is 0 Å². The normalized spacial score (nSPS) is 15.1. The fourth-order valence-corrected chi connectivity index (χ4v) is 3.41. The molecule has 1 aliphatic rings. The van der Waals surface area contributed by atoms with E-state index in [9.17, 15) is 13.2 Å². The zero-order valence-corrected chi connectivity index (χ0v) is 16.9. The van der Waals surface area contributed by atoms with E-state index in [-0.39, 0.29) is 12.5 Å². The number of sulfonamides is 1. The van der Waals surface area contributed by atoms with Crippen LogP contribution in [0.3, 0.4) is 0 Å². The molecule has 1 amide bonds. The van der Waals surface area contributed by atoms with Crippen LogP contribution in [-0.2, 0) is 19.6 Å². The van der Waals surface area contributed by atoms with Gasteiger partial charge < -0.3 is 15.0 Å². The summed E-state index contributed by atoms with van der Waals surface area (Å²) >= 11 is 0. The lowest BCUT2D eigenvalue weighted by Gasteiger charge is -2.29. The van der Waals surface area contributed by atoms with Gasteiger partial charge in [-0.15, -0.1) is 0 Å². The molecule has 1 aromatic carbocycles. The van der Waals surface area contributed by atoms with Crippen LogP contribution < -0.4 is 14.9 Å². The third-order valence-corrected chi connectivity index (χ3v) is 5.09. The van der Waals surface area contributed by atoms with Crippen molar-refractivity contribution in [2.24, 2.45) is 0 Å². The zero-order valence-electron chi connectivity index (χ0n) is 16.1. The highest BCUT2D eigenvalue weighted by Crippen LogP contribution is 2.19. The lowest BCUT2D eigenvalue weighted by atomic mass is 10.2. The number of nitrogens with zero attached hydrogens (tertiary/aromatic N) is 2. The third kappa shape index (κ3) is 8.25. The highest BCUT2D eigenvalue weighted by atomic mass is 32.2. The smallest absolute Gasteiger partial charge is 0.238 e. The van der Waals surface area contributed by atoms with Gasteiger partial charge >= 0.3 is 0 Å². The summed E-state index contributed by atoms with van der Waals surface area (Å²) in [5.74, 6) is -0.0768. The number of nitrogens with one attached hydrogen (secondary N) is 2. The highest BCUT2D eigenvalue weighted by molar-refractivity contribution is 7.88. The second-order valence-electron chi connectivity index (χ2n) is 6.58. The SMILES string of the molecule is CCN(CCCNS(C)(=O)=O)CC(=O)Nc1ccc(N2CCOCC2)cc1. The topological polar surface area (TPSA) is 91.0 Å². The molecule has 1 aliphatic heterocycles. The molecule has 1 saturated heterocycles. The molecule has 8 nitrogen and oxygen atoms in total. The summed E-state index contributed by atoms with van der Waals surface area (Å²) in [7, 11) is -3.16. The van der Waals surface area contributed by atoms with E-state index in [2.05, 4.69) is 14.9 Å². The van der Waals surface area contributed by atoms with E-state index in [4.69, 9.17) is 4.74 Å². The average molecular weight is 399 g/mol. The fraction of sp³-hybridized carbons (Fsp3) is 0.611. The van der Waals surface area contributed by atoms with Crippen LogP contribution in [0.15, 0.2) is 24.3 Å². The number of carbonyl (C=O) groups is 1. The Labute approximate surface area is 161 Å². The van der Waals surface area contributed by atoms with E-state index in [0.717, 1.165) is 50.5 Å². The molecule has 0 aromatic heterocycles. The van der Waals surface area contributed by atoms with Crippen LogP contribution in [0.1, 0.15) is 13.3 Å². The average Bonchev–Trinajstić information content (AvgIpc) is 2.64. The van der Waals surface area contributed by atoms with E-state index in [1.54, 1.807) is 0 Å². The van der Waals surface area contributed by atoms with Crippen LogP contribution in [0, 0.1) is 0 Å². The van der Waals surface area contributed by atoms with E-state index < -0.39 is 10.0 Å². The van der Waals surface area contributed by atoms with Crippen molar-refractivity contribution in [3.63, 3.8) is 0 Å². The van der Waals surface area contributed by atoms with E-state index >= 15 is 0 Å². The summed E-state index contributed by atoms with van der Waals surface area (Å²) in [6.45, 7) is 7.26. The molecule has 2 rings (SSSR count). The first-order chi connectivity index (χ1) is 12.9. The lowest BCUT2D eigenvalue weighted by molar-refractivity contribution is -0.117. The van der Waals surface area contributed by atoms with E-state index in [1.807, 2.05) is 36.1 Å². The minimum atomic E-state index is -3.16. The molecule has 0 unspecified atom stereocenters. The Morgan fingerprint density at radius 2 is 1.89 bits per heavy atom. The number of hydrogen-bond donors (Lipinski definition) is 2. The second-order valence-corrected chi connectivity index (χ2v) is 8.42. The molecule has 0 saturated carbocycles. The van der Waals surface area contributed by atoms with Crippen LogP contribution in [0.5, 0.6) is 0 Å². The van der Waals surface area contributed by atoms with Crippen molar-refractivity contribution in [1.82, 2.24) is 9.62 Å². The molecule has 1 aromatic rings. The summed E-state index contributed by atoms with van der Waals surface area (Å²) in [4.78, 5) is 16.5. The van der Waals surface area contributed by atoms with Crippen LogP contribution >= 0.6 is 0 Å². The fourth-order valence-electron chi connectivity index (χ4n) is 2.89. The number of morpholine rings is 1. The maximum Gasteiger partial charge on any atom is 0.238 e. The molecule has 1 fully saturated rings. The van der Waals surface area contributed by atoms with Crippen molar-refractivity contribution in [3.05, 3.63) is 24.3 Å². The largest absolute Gasteiger partial charge is 0.378 e. The van der Waals surface area contributed by atoms with Crippen molar-refractivity contribution in [1.29, 1.82) is 0 Å². The van der Waals surface area contributed by atoms with Gasteiger partial charge in [0.25, 0.3) is 0 Å². The number of amides is 1. The van der Waals surface area contributed by atoms with Gasteiger partial charge in [-0.1, -0.05) is 6.92 Å². The zero-order chi connectivity index (χ0) is 19.7. The van der Waals surface area contributed by atoms with Gasteiger partial charge in [-0.2, -0.15) is 0 Å². The van der Waals surface area contributed by atoms with E-state index in [1.165, 1.54) is 0 Å². The molecule has 2 N–H and O–H groups in total. The maximum absolute atomic E-state index is 12.3. The van der Waals surface area contributed by atoms with Gasteiger partial charge in [0.1, 0.15) is 0 Å². The summed E-state index contributed by atoms with van der Waals surface area (Å²) in [6.07, 6.45) is 1.80. The highest BCUT2D eigenvalue weighted by Gasteiger charge is 2.12. The number of benzene rings is 1. The van der Waals surface area contributed by atoms with Crippen molar-refractivity contribution in [2.45, 2.75) is 13.3 Å². The van der Waals surface area contributed by atoms with Gasteiger partial charge in [-0.05, 0) is 43.8 Å². The Kier molecular flexibility index (Phi) is 8.49. The summed E-state index contributed by atoms with van der Waals surface area (Å²) in [6, 6.07) is 7.84. The molecule has 0 spiro atoms. The molecule has 0 aliphatic carbocycles. The monoisotopic (exact) mass is 398 g/mol. The molecule has 9 heteroatoms. The molecule has 0 atom stereocenters. The number of likely N-dealkylation sites (N-methyl/N-ethyl adjacent to an activating group) is 1. The Morgan fingerprint density at radius 3 is 2.48 bits per heavy atom. The van der Waals surface area contributed by atoms with Crippen molar-refractivity contribution >= 4 is 27.3 Å². The predicted octanol–water partition coefficient (Wildman–Crippen LogP) is 0.723. The third-order valence-electron chi connectivity index (χ3n) is 4.36. The summed E-state index contributed by atoms with van der Waals surface area (Å²) < 4.78 is 29.9.